The number of halogens is 2. The number of aromatic nitrogens is 1. The zero-order valence-corrected chi connectivity index (χ0v) is 20.2. The highest BCUT2D eigenvalue weighted by Crippen LogP contribution is 2.14. The molecule has 1 aliphatic heterocycles. The molecule has 0 bridgehead atoms. The highest BCUT2D eigenvalue weighted by Gasteiger charge is 2.14. The first kappa shape index (κ1) is 23.7. The van der Waals surface area contributed by atoms with Crippen LogP contribution in [-0.2, 0) is 13.1 Å². The van der Waals surface area contributed by atoms with Gasteiger partial charge in [-0.3, -0.25) is 0 Å². The molecule has 1 saturated heterocycles. The largest absolute Gasteiger partial charge is 0.357 e. The van der Waals surface area contributed by atoms with Crippen molar-refractivity contribution in [3.8, 4) is 0 Å². The Morgan fingerprint density at radius 3 is 2.34 bits per heavy atom. The molecule has 8 heteroatoms. The predicted molar refractivity (Wildman–Crippen MR) is 132 cm³/mol. The molecule has 1 aromatic heterocycles. The van der Waals surface area contributed by atoms with Gasteiger partial charge in [-0.2, -0.15) is 0 Å². The van der Waals surface area contributed by atoms with Crippen LogP contribution in [0.3, 0.4) is 0 Å². The van der Waals surface area contributed by atoms with Crippen molar-refractivity contribution in [2.45, 2.75) is 20.0 Å². The van der Waals surface area contributed by atoms with Gasteiger partial charge in [0.25, 0.3) is 0 Å². The van der Waals surface area contributed by atoms with Crippen LogP contribution in [-0.4, -0.2) is 55.6 Å². The van der Waals surface area contributed by atoms with Crippen LogP contribution in [0.15, 0.2) is 47.6 Å². The van der Waals surface area contributed by atoms with E-state index >= 15 is 0 Å². The second-order valence-electron chi connectivity index (χ2n) is 6.99. The number of pyridine rings is 1. The van der Waals surface area contributed by atoms with Gasteiger partial charge in [0.15, 0.2) is 5.96 Å². The Morgan fingerprint density at radius 1 is 1.03 bits per heavy atom. The van der Waals surface area contributed by atoms with Gasteiger partial charge in [0.1, 0.15) is 5.82 Å². The predicted octanol–water partition coefficient (Wildman–Crippen LogP) is 3.36. The molecule has 158 valence electrons. The van der Waals surface area contributed by atoms with E-state index in [-0.39, 0.29) is 24.0 Å². The Bertz CT molecular complexity index is 758. The van der Waals surface area contributed by atoms with E-state index in [1.165, 1.54) is 0 Å². The van der Waals surface area contributed by atoms with Gasteiger partial charge in [-0.1, -0.05) is 29.8 Å². The van der Waals surface area contributed by atoms with E-state index in [1.54, 1.807) is 0 Å². The number of hydrogen-bond donors (Lipinski definition) is 2. The molecule has 2 N–H and O–H groups in total. The fourth-order valence-corrected chi connectivity index (χ4v) is 3.16. The average Bonchev–Trinajstić information content (AvgIpc) is 2.72. The van der Waals surface area contributed by atoms with Crippen molar-refractivity contribution in [1.82, 2.24) is 20.5 Å². The Kier molecular flexibility index (Phi) is 9.96. The molecule has 0 saturated carbocycles. The molecule has 29 heavy (non-hydrogen) atoms. The Balaban J connectivity index is 0.00000300. The standard InChI is InChI=1S/C21H29ClN6.HI/c1-3-23-21(25-14-17-4-7-19(22)8-5-17)26-16-18-6-9-20(24-15-18)28-12-10-27(2)11-13-28;/h4-9,15H,3,10-14,16H2,1-2H3,(H2,23,25,26);1H. The molecule has 1 aromatic carbocycles. The van der Waals surface area contributed by atoms with Crippen LogP contribution >= 0.6 is 35.6 Å². The SMILES string of the molecule is CCNC(=NCc1ccc(N2CCN(C)CC2)nc1)NCc1ccc(Cl)cc1.I. The minimum atomic E-state index is 0. The summed E-state index contributed by atoms with van der Waals surface area (Å²) in [5.74, 6) is 1.84. The lowest BCUT2D eigenvalue weighted by Crippen LogP contribution is -2.44. The Hall–Kier alpha value is -1.58. The molecule has 1 fully saturated rings. The summed E-state index contributed by atoms with van der Waals surface area (Å²) >= 11 is 5.94. The third-order valence-electron chi connectivity index (χ3n) is 4.77. The summed E-state index contributed by atoms with van der Waals surface area (Å²) in [5.41, 5.74) is 2.26. The van der Waals surface area contributed by atoms with Crippen molar-refractivity contribution in [2.24, 2.45) is 4.99 Å². The van der Waals surface area contributed by atoms with Crippen LogP contribution in [0.2, 0.25) is 5.02 Å². The quantitative estimate of drug-likeness (QED) is 0.342. The number of nitrogens with zero attached hydrogens (tertiary/aromatic N) is 4. The molecule has 0 atom stereocenters. The zero-order chi connectivity index (χ0) is 19.8. The number of hydrogen-bond acceptors (Lipinski definition) is 4. The first-order valence-electron chi connectivity index (χ1n) is 9.79. The second kappa shape index (κ2) is 12.2. The molecular weight excluding hydrogens is 499 g/mol. The molecule has 0 spiro atoms. The van der Waals surface area contributed by atoms with Gasteiger partial charge >= 0.3 is 0 Å². The smallest absolute Gasteiger partial charge is 0.191 e. The van der Waals surface area contributed by atoms with Gasteiger partial charge in [-0.25, -0.2) is 9.98 Å². The van der Waals surface area contributed by atoms with Crippen molar-refractivity contribution in [3.05, 3.63) is 58.7 Å². The van der Waals surface area contributed by atoms with Crippen molar-refractivity contribution in [3.63, 3.8) is 0 Å². The number of nitrogens with one attached hydrogen (secondary N) is 2. The van der Waals surface area contributed by atoms with Gasteiger partial charge in [0, 0.05) is 50.5 Å². The fraction of sp³-hybridized carbons (Fsp3) is 0.429. The molecule has 1 aliphatic rings. The lowest BCUT2D eigenvalue weighted by atomic mass is 10.2. The molecule has 6 nitrogen and oxygen atoms in total. The average molecular weight is 529 g/mol. The van der Waals surface area contributed by atoms with Crippen LogP contribution in [0.5, 0.6) is 0 Å². The normalized spacial score (nSPS) is 15.0. The van der Waals surface area contributed by atoms with E-state index in [2.05, 4.69) is 56.5 Å². The van der Waals surface area contributed by atoms with E-state index in [9.17, 15) is 0 Å². The van der Waals surface area contributed by atoms with Crippen LogP contribution in [0.25, 0.3) is 0 Å². The van der Waals surface area contributed by atoms with Gasteiger partial charge in [-0.15, -0.1) is 24.0 Å². The third kappa shape index (κ3) is 7.64. The summed E-state index contributed by atoms with van der Waals surface area (Å²) in [5, 5.41) is 7.38. The fourth-order valence-electron chi connectivity index (χ4n) is 3.03. The van der Waals surface area contributed by atoms with Crippen molar-refractivity contribution >= 4 is 47.4 Å². The number of anilines is 1. The monoisotopic (exact) mass is 528 g/mol. The first-order chi connectivity index (χ1) is 13.6. The van der Waals surface area contributed by atoms with E-state index in [1.807, 2.05) is 30.5 Å². The number of rotatable bonds is 6. The van der Waals surface area contributed by atoms with Gasteiger partial charge < -0.3 is 20.4 Å². The summed E-state index contributed by atoms with van der Waals surface area (Å²) in [6.45, 7) is 8.38. The molecule has 3 rings (SSSR count). The maximum atomic E-state index is 5.94. The number of aliphatic imine (C=N–C) groups is 1. The highest BCUT2D eigenvalue weighted by atomic mass is 127. The zero-order valence-electron chi connectivity index (χ0n) is 17.1. The number of benzene rings is 1. The second-order valence-corrected chi connectivity index (χ2v) is 7.43. The van der Waals surface area contributed by atoms with Gasteiger partial charge in [0.2, 0.25) is 0 Å². The van der Waals surface area contributed by atoms with Gasteiger partial charge in [0.05, 0.1) is 6.54 Å². The lowest BCUT2D eigenvalue weighted by Gasteiger charge is -2.33. The van der Waals surface area contributed by atoms with E-state index in [0.717, 1.165) is 60.7 Å². The summed E-state index contributed by atoms with van der Waals surface area (Å²) in [6.07, 6.45) is 1.93. The molecule has 2 aromatic rings. The van der Waals surface area contributed by atoms with E-state index in [4.69, 9.17) is 11.6 Å². The maximum Gasteiger partial charge on any atom is 0.191 e. The summed E-state index contributed by atoms with van der Waals surface area (Å²) in [7, 11) is 2.16. The van der Waals surface area contributed by atoms with E-state index in [0.29, 0.717) is 13.1 Å². The molecular formula is C21H30ClIN6. The first-order valence-corrected chi connectivity index (χ1v) is 10.2. The highest BCUT2D eigenvalue weighted by molar-refractivity contribution is 14.0. The van der Waals surface area contributed by atoms with Crippen molar-refractivity contribution in [1.29, 1.82) is 0 Å². The Labute approximate surface area is 195 Å². The molecule has 0 aliphatic carbocycles. The number of piperazine rings is 1. The van der Waals surface area contributed by atoms with Crippen LogP contribution in [0, 0.1) is 0 Å². The van der Waals surface area contributed by atoms with Gasteiger partial charge in [-0.05, 0) is 43.3 Å². The van der Waals surface area contributed by atoms with Crippen LogP contribution in [0.4, 0.5) is 5.82 Å². The molecule has 0 unspecified atom stereocenters. The van der Waals surface area contributed by atoms with Crippen LogP contribution < -0.4 is 15.5 Å². The molecule has 0 amide bonds. The molecule has 2 heterocycles. The number of guanidine groups is 1. The maximum absolute atomic E-state index is 5.94. The minimum absolute atomic E-state index is 0. The minimum Gasteiger partial charge on any atom is -0.357 e. The lowest BCUT2D eigenvalue weighted by molar-refractivity contribution is 0.312. The van der Waals surface area contributed by atoms with Crippen LogP contribution in [0.1, 0.15) is 18.1 Å². The van der Waals surface area contributed by atoms with E-state index < -0.39 is 0 Å². The van der Waals surface area contributed by atoms with Crippen molar-refractivity contribution in [2.75, 3.05) is 44.7 Å². The topological polar surface area (TPSA) is 55.8 Å². The summed E-state index contributed by atoms with van der Waals surface area (Å²) in [4.78, 5) is 14.0. The third-order valence-corrected chi connectivity index (χ3v) is 5.03. The van der Waals surface area contributed by atoms with Crippen molar-refractivity contribution < 1.29 is 0 Å². The number of likely N-dealkylation sites (N-methyl/N-ethyl adjacent to an activating group) is 1. The Morgan fingerprint density at radius 2 is 1.72 bits per heavy atom. The molecule has 0 radical (unpaired) electrons. The summed E-state index contributed by atoms with van der Waals surface area (Å²) in [6, 6.07) is 12.0. The summed E-state index contributed by atoms with van der Waals surface area (Å²) < 4.78 is 0.